The maximum absolute atomic E-state index is 12.5. The van der Waals surface area contributed by atoms with E-state index in [-0.39, 0.29) is 5.91 Å². The molecule has 3 rings (SSSR count). The number of likely N-dealkylation sites (tertiary alicyclic amines) is 1. The van der Waals surface area contributed by atoms with E-state index in [1.54, 1.807) is 17.6 Å². The van der Waals surface area contributed by atoms with Crippen molar-refractivity contribution < 1.29 is 14.8 Å². The van der Waals surface area contributed by atoms with E-state index in [4.69, 9.17) is 5.21 Å². The van der Waals surface area contributed by atoms with Crippen molar-refractivity contribution in [3.05, 3.63) is 34.7 Å². The average molecular weight is 304 g/mol. The van der Waals surface area contributed by atoms with Crippen molar-refractivity contribution in [2.45, 2.75) is 19.3 Å². The SMILES string of the molecule is O=C(NO)c1cc2ccc(C(=O)N3CCCCC3)cc2s1. The number of hydrogen-bond acceptors (Lipinski definition) is 4. The van der Waals surface area contributed by atoms with E-state index in [1.807, 2.05) is 17.0 Å². The van der Waals surface area contributed by atoms with Crippen LogP contribution < -0.4 is 5.48 Å². The summed E-state index contributed by atoms with van der Waals surface area (Å²) in [5.74, 6) is -0.474. The highest BCUT2D eigenvalue weighted by atomic mass is 32.1. The van der Waals surface area contributed by atoms with Crippen LogP contribution in [0.2, 0.25) is 0 Å². The van der Waals surface area contributed by atoms with Gasteiger partial charge in [-0.15, -0.1) is 11.3 Å². The number of thiophene rings is 1. The Morgan fingerprint density at radius 1 is 1.14 bits per heavy atom. The number of carbonyl (C=O) groups is 2. The molecule has 0 unspecified atom stereocenters. The van der Waals surface area contributed by atoms with Gasteiger partial charge in [0, 0.05) is 23.4 Å². The topological polar surface area (TPSA) is 69.6 Å². The van der Waals surface area contributed by atoms with Crippen molar-refractivity contribution in [2.75, 3.05) is 13.1 Å². The largest absolute Gasteiger partial charge is 0.339 e. The molecule has 2 aromatic rings. The van der Waals surface area contributed by atoms with Crippen LogP contribution in [0.5, 0.6) is 0 Å². The number of piperidine rings is 1. The molecule has 2 N–H and O–H groups in total. The Kier molecular flexibility index (Phi) is 3.90. The monoisotopic (exact) mass is 304 g/mol. The van der Waals surface area contributed by atoms with Gasteiger partial charge in [-0.2, -0.15) is 0 Å². The fraction of sp³-hybridized carbons (Fsp3) is 0.333. The third kappa shape index (κ3) is 2.77. The molecule has 1 aromatic heterocycles. The molecule has 0 atom stereocenters. The van der Waals surface area contributed by atoms with Crippen LogP contribution in [0.1, 0.15) is 39.3 Å². The molecule has 0 aliphatic carbocycles. The van der Waals surface area contributed by atoms with Crippen LogP contribution in [-0.4, -0.2) is 35.0 Å². The lowest BCUT2D eigenvalue weighted by Gasteiger charge is -2.26. The average Bonchev–Trinajstić information content (AvgIpc) is 2.97. The van der Waals surface area contributed by atoms with Crippen LogP contribution in [0.3, 0.4) is 0 Å². The molecule has 1 aromatic carbocycles. The van der Waals surface area contributed by atoms with Gasteiger partial charge >= 0.3 is 0 Å². The number of carbonyl (C=O) groups excluding carboxylic acids is 2. The zero-order chi connectivity index (χ0) is 14.8. The molecule has 110 valence electrons. The fourth-order valence-corrected chi connectivity index (χ4v) is 3.60. The predicted molar refractivity (Wildman–Crippen MR) is 80.8 cm³/mol. The van der Waals surface area contributed by atoms with Gasteiger partial charge in [-0.05, 0) is 42.8 Å². The second kappa shape index (κ2) is 5.83. The number of nitrogens with zero attached hydrogens (tertiary/aromatic N) is 1. The fourth-order valence-electron chi connectivity index (χ4n) is 2.61. The molecule has 1 aliphatic heterocycles. The smallest absolute Gasteiger partial charge is 0.284 e. The van der Waals surface area contributed by atoms with E-state index in [1.165, 1.54) is 17.8 Å². The normalized spacial score (nSPS) is 15.2. The molecule has 0 radical (unpaired) electrons. The minimum absolute atomic E-state index is 0.0539. The Balaban J connectivity index is 1.89. The van der Waals surface area contributed by atoms with Crippen LogP contribution >= 0.6 is 11.3 Å². The third-order valence-electron chi connectivity index (χ3n) is 3.74. The van der Waals surface area contributed by atoms with E-state index < -0.39 is 5.91 Å². The Morgan fingerprint density at radius 2 is 1.90 bits per heavy atom. The van der Waals surface area contributed by atoms with Gasteiger partial charge < -0.3 is 4.90 Å². The Morgan fingerprint density at radius 3 is 2.62 bits per heavy atom. The van der Waals surface area contributed by atoms with Gasteiger partial charge in [0.15, 0.2) is 0 Å². The van der Waals surface area contributed by atoms with Gasteiger partial charge in [0.05, 0.1) is 4.88 Å². The molecule has 1 saturated heterocycles. The second-order valence-electron chi connectivity index (χ2n) is 5.16. The van der Waals surface area contributed by atoms with Gasteiger partial charge in [-0.1, -0.05) is 6.07 Å². The van der Waals surface area contributed by atoms with Crippen molar-refractivity contribution in [1.82, 2.24) is 10.4 Å². The van der Waals surface area contributed by atoms with Crippen LogP contribution in [0.4, 0.5) is 0 Å². The van der Waals surface area contributed by atoms with Crippen LogP contribution in [0, 0.1) is 0 Å². The molecular formula is C15H16N2O3S. The van der Waals surface area contributed by atoms with E-state index in [2.05, 4.69) is 0 Å². The summed E-state index contributed by atoms with van der Waals surface area (Å²) in [7, 11) is 0. The molecule has 1 fully saturated rings. The summed E-state index contributed by atoms with van der Waals surface area (Å²) in [4.78, 5) is 26.2. The van der Waals surface area contributed by atoms with E-state index in [0.29, 0.717) is 10.4 Å². The molecule has 0 spiro atoms. The summed E-state index contributed by atoms with van der Waals surface area (Å²) in [5.41, 5.74) is 2.28. The molecule has 5 nitrogen and oxygen atoms in total. The minimum Gasteiger partial charge on any atom is -0.339 e. The van der Waals surface area contributed by atoms with Gasteiger partial charge in [-0.3, -0.25) is 14.8 Å². The lowest BCUT2D eigenvalue weighted by atomic mass is 10.1. The minimum atomic E-state index is -0.528. The third-order valence-corrected chi connectivity index (χ3v) is 4.83. The molecule has 2 heterocycles. The highest BCUT2D eigenvalue weighted by Crippen LogP contribution is 2.27. The summed E-state index contributed by atoms with van der Waals surface area (Å²) in [6.45, 7) is 1.64. The summed E-state index contributed by atoms with van der Waals surface area (Å²) < 4.78 is 0.872. The molecular weight excluding hydrogens is 288 g/mol. The van der Waals surface area contributed by atoms with Crippen molar-refractivity contribution in [1.29, 1.82) is 0 Å². The standard InChI is InChI=1S/C15H16N2O3S/c18-14(16-20)13-8-10-4-5-11(9-12(10)21-13)15(19)17-6-2-1-3-7-17/h4-5,8-9,20H,1-3,6-7H2,(H,16,18). The molecule has 2 amide bonds. The first kappa shape index (κ1) is 14.0. The number of nitrogens with one attached hydrogen (secondary N) is 1. The lowest BCUT2D eigenvalue weighted by molar-refractivity contribution is 0.0709. The zero-order valence-electron chi connectivity index (χ0n) is 11.5. The molecule has 0 bridgehead atoms. The van der Waals surface area contributed by atoms with Crippen LogP contribution in [-0.2, 0) is 0 Å². The molecule has 1 aliphatic rings. The predicted octanol–water partition coefficient (Wildman–Crippen LogP) is 2.65. The highest BCUT2D eigenvalue weighted by molar-refractivity contribution is 7.20. The van der Waals surface area contributed by atoms with E-state index in [0.717, 1.165) is 36.0 Å². The number of benzene rings is 1. The maximum atomic E-state index is 12.5. The van der Waals surface area contributed by atoms with Gasteiger partial charge in [0.25, 0.3) is 11.8 Å². The van der Waals surface area contributed by atoms with Crippen molar-refractivity contribution in [2.24, 2.45) is 0 Å². The summed E-state index contributed by atoms with van der Waals surface area (Å²) in [5, 5.41) is 9.57. The molecule has 6 heteroatoms. The second-order valence-corrected chi connectivity index (χ2v) is 6.24. The summed E-state index contributed by atoms with van der Waals surface area (Å²) in [6, 6.07) is 7.18. The number of amides is 2. The van der Waals surface area contributed by atoms with Crippen molar-refractivity contribution in [3.8, 4) is 0 Å². The zero-order valence-corrected chi connectivity index (χ0v) is 12.3. The van der Waals surface area contributed by atoms with Gasteiger partial charge in [0.1, 0.15) is 0 Å². The van der Waals surface area contributed by atoms with Crippen molar-refractivity contribution >= 4 is 33.2 Å². The Bertz CT molecular complexity index is 689. The number of hydrogen-bond donors (Lipinski definition) is 2. The van der Waals surface area contributed by atoms with Gasteiger partial charge in [-0.25, -0.2) is 5.48 Å². The van der Waals surface area contributed by atoms with Crippen LogP contribution in [0.25, 0.3) is 10.1 Å². The quantitative estimate of drug-likeness (QED) is 0.662. The summed E-state index contributed by atoms with van der Waals surface area (Å²) in [6.07, 6.45) is 3.31. The van der Waals surface area contributed by atoms with E-state index >= 15 is 0 Å². The van der Waals surface area contributed by atoms with E-state index in [9.17, 15) is 9.59 Å². The van der Waals surface area contributed by atoms with Gasteiger partial charge in [0.2, 0.25) is 0 Å². The van der Waals surface area contributed by atoms with Crippen molar-refractivity contribution in [3.63, 3.8) is 0 Å². The first-order valence-corrected chi connectivity index (χ1v) is 7.78. The first-order valence-electron chi connectivity index (χ1n) is 6.96. The lowest BCUT2D eigenvalue weighted by Crippen LogP contribution is -2.35. The first-order chi connectivity index (χ1) is 10.2. The Labute approximate surface area is 126 Å². The van der Waals surface area contributed by atoms with Crippen LogP contribution in [0.15, 0.2) is 24.3 Å². The summed E-state index contributed by atoms with van der Waals surface area (Å²) >= 11 is 1.27. The number of fused-ring (bicyclic) bond motifs is 1. The molecule has 21 heavy (non-hydrogen) atoms. The molecule has 0 saturated carbocycles. The maximum Gasteiger partial charge on any atom is 0.284 e. The highest BCUT2D eigenvalue weighted by Gasteiger charge is 2.19. The Hall–Kier alpha value is -1.92. The number of rotatable bonds is 2. The number of hydroxylamine groups is 1.